The number of ether oxygens (including phenoxy) is 1. The molecule has 0 radical (unpaired) electrons. The molecule has 2 atom stereocenters. The van der Waals surface area contributed by atoms with E-state index in [1.54, 1.807) is 6.20 Å². The van der Waals surface area contributed by atoms with Gasteiger partial charge in [0.05, 0.1) is 12.2 Å². The van der Waals surface area contributed by atoms with Crippen LogP contribution in [0.3, 0.4) is 0 Å². The molecule has 1 aromatic carbocycles. The summed E-state index contributed by atoms with van der Waals surface area (Å²) in [6.45, 7) is 3.95. The third kappa shape index (κ3) is 3.94. The SMILES string of the molecule is C[C@@H](N[C@H]1CC(=O)N(CCOc2ccccc2)C1)c1ccnn1C. The van der Waals surface area contributed by atoms with Crippen molar-refractivity contribution in [3.63, 3.8) is 0 Å². The molecule has 1 N–H and O–H groups in total. The van der Waals surface area contributed by atoms with Crippen LogP contribution in [0.1, 0.15) is 25.1 Å². The number of benzene rings is 1. The molecule has 1 amide bonds. The second-order valence-electron chi connectivity index (χ2n) is 6.17. The van der Waals surface area contributed by atoms with Crippen molar-refractivity contribution < 1.29 is 9.53 Å². The maximum atomic E-state index is 12.2. The van der Waals surface area contributed by atoms with Crippen LogP contribution in [0.4, 0.5) is 0 Å². The van der Waals surface area contributed by atoms with Gasteiger partial charge in [-0.05, 0) is 25.1 Å². The van der Waals surface area contributed by atoms with Crippen molar-refractivity contribution in [2.24, 2.45) is 7.05 Å². The predicted octanol–water partition coefficient (Wildman–Crippen LogP) is 1.75. The van der Waals surface area contributed by atoms with Crippen LogP contribution in [0.15, 0.2) is 42.6 Å². The lowest BCUT2D eigenvalue weighted by Gasteiger charge is -2.20. The Balaban J connectivity index is 1.46. The quantitative estimate of drug-likeness (QED) is 0.841. The first-order valence-electron chi connectivity index (χ1n) is 8.33. The molecule has 1 fully saturated rings. The highest BCUT2D eigenvalue weighted by Crippen LogP contribution is 2.17. The largest absolute Gasteiger partial charge is 0.492 e. The molecule has 0 spiro atoms. The summed E-state index contributed by atoms with van der Waals surface area (Å²) in [4.78, 5) is 14.0. The Bertz CT molecular complexity index is 671. The molecular formula is C18H24N4O2. The minimum absolute atomic E-state index is 0.163. The zero-order valence-corrected chi connectivity index (χ0v) is 14.2. The van der Waals surface area contributed by atoms with E-state index in [9.17, 15) is 4.79 Å². The summed E-state index contributed by atoms with van der Waals surface area (Å²) in [7, 11) is 1.93. The highest BCUT2D eigenvalue weighted by Gasteiger charge is 2.30. The molecule has 0 aliphatic carbocycles. The number of aryl methyl sites for hydroxylation is 1. The zero-order chi connectivity index (χ0) is 16.9. The third-order valence-corrected chi connectivity index (χ3v) is 4.38. The summed E-state index contributed by atoms with van der Waals surface area (Å²) in [6, 6.07) is 12.0. The zero-order valence-electron chi connectivity index (χ0n) is 14.2. The van der Waals surface area contributed by atoms with Crippen molar-refractivity contribution in [1.29, 1.82) is 0 Å². The number of hydrogen-bond acceptors (Lipinski definition) is 4. The second-order valence-corrected chi connectivity index (χ2v) is 6.17. The van der Waals surface area contributed by atoms with Crippen LogP contribution in [0, 0.1) is 0 Å². The van der Waals surface area contributed by atoms with Gasteiger partial charge < -0.3 is 15.0 Å². The summed E-state index contributed by atoms with van der Waals surface area (Å²) in [5, 5.41) is 7.72. The average Bonchev–Trinajstić information content (AvgIpc) is 3.14. The molecule has 1 aliphatic rings. The first kappa shape index (κ1) is 16.5. The van der Waals surface area contributed by atoms with Gasteiger partial charge in [0.15, 0.2) is 0 Å². The highest BCUT2D eigenvalue weighted by atomic mass is 16.5. The topological polar surface area (TPSA) is 59.4 Å². The molecule has 0 unspecified atom stereocenters. The van der Waals surface area contributed by atoms with Gasteiger partial charge in [-0.15, -0.1) is 0 Å². The number of carbonyl (C=O) groups is 1. The Labute approximate surface area is 142 Å². The molecule has 0 bridgehead atoms. The lowest BCUT2D eigenvalue weighted by atomic mass is 10.2. The number of rotatable bonds is 7. The number of carbonyl (C=O) groups excluding carboxylic acids is 1. The molecule has 1 aromatic heterocycles. The Morgan fingerprint density at radius 1 is 1.33 bits per heavy atom. The Morgan fingerprint density at radius 2 is 2.12 bits per heavy atom. The number of nitrogens with zero attached hydrogens (tertiary/aromatic N) is 3. The van der Waals surface area contributed by atoms with Crippen LogP contribution in [0.5, 0.6) is 5.75 Å². The Morgan fingerprint density at radius 3 is 2.83 bits per heavy atom. The van der Waals surface area contributed by atoms with E-state index in [-0.39, 0.29) is 18.0 Å². The molecule has 3 rings (SSSR count). The van der Waals surface area contributed by atoms with Crippen molar-refractivity contribution in [1.82, 2.24) is 20.0 Å². The molecule has 2 heterocycles. The van der Waals surface area contributed by atoms with Crippen LogP contribution in [-0.2, 0) is 11.8 Å². The second kappa shape index (κ2) is 7.49. The number of nitrogens with one attached hydrogen (secondary N) is 1. The standard InChI is InChI=1S/C18H24N4O2/c1-14(17-8-9-19-21(17)2)20-15-12-18(23)22(13-15)10-11-24-16-6-4-3-5-7-16/h3-9,14-15,20H,10-13H2,1-2H3/t14-,15+/m1/s1. The number of para-hydroxylation sites is 1. The minimum atomic E-state index is 0.163. The van der Waals surface area contributed by atoms with Crippen LogP contribution in [0.25, 0.3) is 0 Å². The fourth-order valence-electron chi connectivity index (χ4n) is 3.14. The van der Waals surface area contributed by atoms with Crippen LogP contribution >= 0.6 is 0 Å². The molecule has 1 aliphatic heterocycles. The smallest absolute Gasteiger partial charge is 0.224 e. The lowest BCUT2D eigenvalue weighted by molar-refractivity contribution is -0.128. The van der Waals surface area contributed by atoms with Crippen LogP contribution in [0.2, 0.25) is 0 Å². The first-order valence-corrected chi connectivity index (χ1v) is 8.33. The van der Waals surface area contributed by atoms with Crippen molar-refractivity contribution in [3.05, 3.63) is 48.3 Å². The average molecular weight is 328 g/mol. The normalized spacial score (nSPS) is 18.8. The molecule has 1 saturated heterocycles. The molecule has 2 aromatic rings. The van der Waals surface area contributed by atoms with Crippen molar-refractivity contribution in [2.45, 2.75) is 25.4 Å². The fourth-order valence-corrected chi connectivity index (χ4v) is 3.14. The molecule has 6 nitrogen and oxygen atoms in total. The maximum Gasteiger partial charge on any atom is 0.224 e. The van der Waals surface area contributed by atoms with Gasteiger partial charge in [-0.2, -0.15) is 5.10 Å². The van der Waals surface area contributed by atoms with E-state index >= 15 is 0 Å². The van der Waals surface area contributed by atoms with Crippen molar-refractivity contribution >= 4 is 5.91 Å². The van der Waals surface area contributed by atoms with Crippen molar-refractivity contribution in [2.75, 3.05) is 19.7 Å². The van der Waals surface area contributed by atoms with E-state index in [0.29, 0.717) is 19.6 Å². The van der Waals surface area contributed by atoms with Gasteiger partial charge in [-0.1, -0.05) is 18.2 Å². The summed E-state index contributed by atoms with van der Waals surface area (Å²) in [6.07, 6.45) is 2.33. The molecular weight excluding hydrogens is 304 g/mol. The monoisotopic (exact) mass is 328 g/mol. The van der Waals surface area contributed by atoms with Crippen LogP contribution in [-0.4, -0.2) is 46.3 Å². The summed E-state index contributed by atoms with van der Waals surface area (Å²) in [5.41, 5.74) is 1.12. The van der Waals surface area contributed by atoms with Gasteiger partial charge in [0.25, 0.3) is 0 Å². The number of likely N-dealkylation sites (tertiary alicyclic amines) is 1. The van der Waals surface area contributed by atoms with Gasteiger partial charge in [0, 0.05) is 38.3 Å². The van der Waals surface area contributed by atoms with Gasteiger partial charge in [-0.25, -0.2) is 0 Å². The Hall–Kier alpha value is -2.34. The number of aromatic nitrogens is 2. The van der Waals surface area contributed by atoms with E-state index in [0.717, 1.165) is 18.0 Å². The third-order valence-electron chi connectivity index (χ3n) is 4.38. The predicted molar refractivity (Wildman–Crippen MR) is 91.7 cm³/mol. The molecule has 0 saturated carbocycles. The maximum absolute atomic E-state index is 12.2. The van der Waals surface area contributed by atoms with Crippen LogP contribution < -0.4 is 10.1 Å². The van der Waals surface area contributed by atoms with Gasteiger partial charge >= 0.3 is 0 Å². The lowest BCUT2D eigenvalue weighted by Crippen LogP contribution is -2.36. The van der Waals surface area contributed by atoms with Crippen molar-refractivity contribution in [3.8, 4) is 5.75 Å². The van der Waals surface area contributed by atoms with E-state index < -0.39 is 0 Å². The highest BCUT2D eigenvalue weighted by molar-refractivity contribution is 5.79. The fraction of sp³-hybridized carbons (Fsp3) is 0.444. The molecule has 6 heteroatoms. The van der Waals surface area contributed by atoms with Gasteiger partial charge in [0.2, 0.25) is 5.91 Å². The molecule has 128 valence electrons. The minimum Gasteiger partial charge on any atom is -0.492 e. The summed E-state index contributed by atoms with van der Waals surface area (Å²) >= 11 is 0. The summed E-state index contributed by atoms with van der Waals surface area (Å²) < 4.78 is 7.54. The first-order chi connectivity index (χ1) is 11.6. The Kier molecular flexibility index (Phi) is 5.15. The van der Waals surface area contributed by atoms with Gasteiger partial charge in [-0.3, -0.25) is 9.48 Å². The van der Waals surface area contributed by atoms with E-state index in [1.165, 1.54) is 0 Å². The summed E-state index contributed by atoms with van der Waals surface area (Å²) in [5.74, 6) is 1.02. The van der Waals surface area contributed by atoms with E-state index in [1.807, 2.05) is 53.0 Å². The molecule has 24 heavy (non-hydrogen) atoms. The van der Waals surface area contributed by atoms with E-state index in [4.69, 9.17) is 4.74 Å². The number of hydrogen-bond donors (Lipinski definition) is 1. The van der Waals surface area contributed by atoms with Gasteiger partial charge in [0.1, 0.15) is 12.4 Å². The van der Waals surface area contributed by atoms with E-state index in [2.05, 4.69) is 17.3 Å². The number of amides is 1.